The van der Waals surface area contributed by atoms with Gasteiger partial charge < -0.3 is 4.52 Å². The van der Waals surface area contributed by atoms with Crippen LogP contribution in [0.5, 0.6) is 0 Å². The summed E-state index contributed by atoms with van der Waals surface area (Å²) in [6, 6.07) is 0. The van der Waals surface area contributed by atoms with E-state index in [1.807, 2.05) is 9.47 Å². The fourth-order valence-corrected chi connectivity index (χ4v) is 0.696. The molecule has 0 saturated carbocycles. The molecular weight excluding hydrogens is 135 g/mol. The Morgan fingerprint density at radius 3 is 2.67 bits per heavy atom. The molecule has 1 atom stereocenters. The van der Waals surface area contributed by atoms with Crippen LogP contribution in [-0.4, -0.2) is 5.97 Å². The highest BCUT2D eigenvalue weighted by Gasteiger charge is 1.96. The molecule has 0 rings (SSSR count). The summed E-state index contributed by atoms with van der Waals surface area (Å²) in [5.74, 6) is -0.131. The van der Waals surface area contributed by atoms with E-state index in [1.54, 1.807) is 0 Å². The molecule has 0 fully saturated rings. The summed E-state index contributed by atoms with van der Waals surface area (Å²) in [4.78, 5) is 10.4. The third-order valence-corrected chi connectivity index (χ3v) is 1.38. The van der Waals surface area contributed by atoms with Crippen LogP contribution in [0.3, 0.4) is 0 Å². The van der Waals surface area contributed by atoms with Crippen LogP contribution >= 0.6 is 9.47 Å². The molecule has 0 aromatic rings. The predicted molar refractivity (Wildman–Crippen MR) is 39.9 cm³/mol. The van der Waals surface area contributed by atoms with Gasteiger partial charge in [0.2, 0.25) is 0 Å². The minimum absolute atomic E-state index is 0.131. The van der Waals surface area contributed by atoms with E-state index in [0.717, 1.165) is 19.3 Å². The molecule has 0 aliphatic rings. The van der Waals surface area contributed by atoms with Crippen molar-refractivity contribution in [3.63, 3.8) is 0 Å². The van der Waals surface area contributed by atoms with Crippen LogP contribution in [0.2, 0.25) is 0 Å². The number of hydrogen-bond donors (Lipinski definition) is 0. The van der Waals surface area contributed by atoms with Crippen LogP contribution in [0.1, 0.15) is 32.6 Å². The van der Waals surface area contributed by atoms with Crippen LogP contribution in [0, 0.1) is 0 Å². The Hall–Kier alpha value is -0.100. The molecule has 0 amide bonds. The average molecular weight is 148 g/mol. The molecule has 0 aromatic heterocycles. The number of carbonyl (C=O) groups excluding carboxylic acids is 1. The van der Waals surface area contributed by atoms with E-state index < -0.39 is 0 Å². The maximum absolute atomic E-state index is 10.4. The number of hydrogen-bond acceptors (Lipinski definition) is 2. The number of rotatable bonds is 4. The monoisotopic (exact) mass is 148 g/mol. The minimum Gasteiger partial charge on any atom is -0.452 e. The fourth-order valence-electron chi connectivity index (χ4n) is 0.578. The van der Waals surface area contributed by atoms with Gasteiger partial charge in [-0.3, -0.25) is 4.79 Å². The van der Waals surface area contributed by atoms with Crippen LogP contribution in [0.25, 0.3) is 0 Å². The molecular formula is C6H13O2P. The Labute approximate surface area is 58.3 Å². The fraction of sp³-hybridized carbons (Fsp3) is 0.833. The van der Waals surface area contributed by atoms with Crippen molar-refractivity contribution in [2.24, 2.45) is 0 Å². The number of unbranched alkanes of at least 4 members (excludes halogenated alkanes) is 2. The van der Waals surface area contributed by atoms with E-state index in [-0.39, 0.29) is 5.97 Å². The lowest BCUT2D eigenvalue weighted by molar-refractivity contribution is -0.133. The van der Waals surface area contributed by atoms with Crippen molar-refractivity contribution in [2.45, 2.75) is 32.6 Å². The quantitative estimate of drug-likeness (QED) is 0.449. The normalized spacial score (nSPS) is 9.11. The van der Waals surface area contributed by atoms with Gasteiger partial charge in [-0.15, -0.1) is 0 Å². The Morgan fingerprint density at radius 1 is 1.56 bits per heavy atom. The molecule has 0 aliphatic heterocycles. The van der Waals surface area contributed by atoms with Gasteiger partial charge >= 0.3 is 5.97 Å². The molecule has 0 spiro atoms. The van der Waals surface area contributed by atoms with Crippen LogP contribution in [0.4, 0.5) is 0 Å². The van der Waals surface area contributed by atoms with Gasteiger partial charge in [-0.2, -0.15) is 0 Å². The lowest BCUT2D eigenvalue weighted by Crippen LogP contribution is -1.94. The SMILES string of the molecule is CCCCCC(=O)OP. The molecule has 0 bridgehead atoms. The van der Waals surface area contributed by atoms with Crippen molar-refractivity contribution in [1.82, 2.24) is 0 Å². The van der Waals surface area contributed by atoms with Crippen molar-refractivity contribution in [3.8, 4) is 0 Å². The van der Waals surface area contributed by atoms with Gasteiger partial charge in [-0.05, 0) is 6.42 Å². The number of carbonyl (C=O) groups is 1. The summed E-state index contributed by atoms with van der Waals surface area (Å²) in [7, 11) is 1.95. The van der Waals surface area contributed by atoms with E-state index in [4.69, 9.17) is 0 Å². The van der Waals surface area contributed by atoms with Gasteiger partial charge in [-0.1, -0.05) is 19.8 Å². The minimum atomic E-state index is -0.131. The second kappa shape index (κ2) is 6.03. The largest absolute Gasteiger partial charge is 0.452 e. The maximum atomic E-state index is 10.4. The highest BCUT2D eigenvalue weighted by Crippen LogP contribution is 2.01. The molecule has 3 heteroatoms. The van der Waals surface area contributed by atoms with Crippen molar-refractivity contribution in [3.05, 3.63) is 0 Å². The van der Waals surface area contributed by atoms with E-state index in [1.165, 1.54) is 0 Å². The van der Waals surface area contributed by atoms with Gasteiger partial charge in [-0.25, -0.2) is 0 Å². The zero-order chi connectivity index (χ0) is 7.11. The molecule has 0 heterocycles. The highest BCUT2D eigenvalue weighted by molar-refractivity contribution is 7.10. The summed E-state index contributed by atoms with van der Waals surface area (Å²) in [5.41, 5.74) is 0. The molecule has 9 heavy (non-hydrogen) atoms. The second-order valence-corrected chi connectivity index (χ2v) is 2.18. The Kier molecular flexibility index (Phi) is 5.96. The van der Waals surface area contributed by atoms with Crippen LogP contribution in [0.15, 0.2) is 0 Å². The topological polar surface area (TPSA) is 26.3 Å². The molecule has 54 valence electrons. The zero-order valence-corrected chi connectivity index (χ0v) is 6.88. The van der Waals surface area contributed by atoms with E-state index in [9.17, 15) is 4.79 Å². The van der Waals surface area contributed by atoms with Crippen LogP contribution in [-0.2, 0) is 9.32 Å². The average Bonchev–Trinajstić information content (AvgIpc) is 1.89. The van der Waals surface area contributed by atoms with Gasteiger partial charge in [0.1, 0.15) is 0 Å². The first-order valence-corrected chi connectivity index (χ1v) is 3.68. The molecule has 0 N–H and O–H groups in total. The Balaban J connectivity index is 2.97. The van der Waals surface area contributed by atoms with Gasteiger partial charge in [0.05, 0.1) is 9.47 Å². The summed E-state index contributed by atoms with van der Waals surface area (Å²) >= 11 is 0. The van der Waals surface area contributed by atoms with Gasteiger partial charge in [0.25, 0.3) is 0 Å². The summed E-state index contributed by atoms with van der Waals surface area (Å²) < 4.78 is 4.37. The van der Waals surface area contributed by atoms with Crippen LogP contribution < -0.4 is 0 Å². The van der Waals surface area contributed by atoms with E-state index in [0.29, 0.717) is 6.42 Å². The van der Waals surface area contributed by atoms with Crippen molar-refractivity contribution in [1.29, 1.82) is 0 Å². The summed E-state index contributed by atoms with van der Waals surface area (Å²) in [5, 5.41) is 0. The predicted octanol–water partition coefficient (Wildman–Crippen LogP) is 1.90. The smallest absolute Gasteiger partial charge is 0.307 e. The first-order valence-electron chi connectivity index (χ1n) is 3.20. The maximum Gasteiger partial charge on any atom is 0.307 e. The molecule has 0 saturated heterocycles. The van der Waals surface area contributed by atoms with Crippen molar-refractivity contribution >= 4 is 15.4 Å². The van der Waals surface area contributed by atoms with Crippen molar-refractivity contribution in [2.75, 3.05) is 0 Å². The molecule has 0 aromatic carbocycles. The summed E-state index contributed by atoms with van der Waals surface area (Å²) in [6.07, 6.45) is 3.75. The van der Waals surface area contributed by atoms with Gasteiger partial charge in [0.15, 0.2) is 0 Å². The first-order chi connectivity index (χ1) is 4.31. The Morgan fingerprint density at radius 2 is 2.22 bits per heavy atom. The molecule has 0 aliphatic carbocycles. The molecule has 2 nitrogen and oxygen atoms in total. The lowest BCUT2D eigenvalue weighted by Gasteiger charge is -1.95. The van der Waals surface area contributed by atoms with Crippen molar-refractivity contribution < 1.29 is 9.32 Å². The first kappa shape index (κ1) is 8.90. The zero-order valence-electron chi connectivity index (χ0n) is 5.72. The Bertz CT molecular complexity index is 83.1. The van der Waals surface area contributed by atoms with Gasteiger partial charge in [0, 0.05) is 6.42 Å². The standard InChI is InChI=1S/C6H13O2P/c1-2-3-4-5-6(7)8-9/h2-5,9H2,1H3. The van der Waals surface area contributed by atoms with E-state index in [2.05, 4.69) is 11.4 Å². The molecule has 0 radical (unpaired) electrons. The second-order valence-electron chi connectivity index (χ2n) is 1.95. The summed E-state index contributed by atoms with van der Waals surface area (Å²) in [6.45, 7) is 2.10. The third kappa shape index (κ3) is 5.78. The van der Waals surface area contributed by atoms with E-state index >= 15 is 0 Å². The third-order valence-electron chi connectivity index (χ3n) is 1.12. The lowest BCUT2D eigenvalue weighted by atomic mass is 10.2. The highest BCUT2D eigenvalue weighted by atomic mass is 31.0. The molecule has 1 unspecified atom stereocenters.